The molecule has 0 aromatic heterocycles. The van der Waals surface area contributed by atoms with Gasteiger partial charge < -0.3 is 15.5 Å². The molecule has 0 bridgehead atoms. The molecule has 1 heterocycles. The van der Waals surface area contributed by atoms with E-state index in [0.29, 0.717) is 17.7 Å². The average Bonchev–Trinajstić information content (AvgIpc) is 2.83. The smallest absolute Gasteiger partial charge is 0.253 e. The number of rotatable bonds is 10. The first-order valence-electron chi connectivity index (χ1n) is 12.1. The summed E-state index contributed by atoms with van der Waals surface area (Å²) in [6, 6.07) is 15.6. The maximum atomic E-state index is 13.3. The molecule has 0 unspecified atom stereocenters. The molecule has 1 aliphatic rings. The second-order valence-electron chi connectivity index (χ2n) is 8.74. The van der Waals surface area contributed by atoms with Gasteiger partial charge in [-0.05, 0) is 56.4 Å². The highest BCUT2D eigenvalue weighted by molar-refractivity contribution is 6.02. The number of benzene rings is 2. The van der Waals surface area contributed by atoms with E-state index in [2.05, 4.69) is 22.5 Å². The quantitative estimate of drug-likeness (QED) is 0.445. The minimum Gasteiger partial charge on any atom is -0.371 e. The Kier molecular flexibility index (Phi) is 9.14. The fourth-order valence-electron chi connectivity index (χ4n) is 4.24. The number of nitrogens with one attached hydrogen (secondary N) is 2. The highest BCUT2D eigenvalue weighted by atomic mass is 16.2. The number of carbonyl (C=O) groups excluding carboxylic acids is 2. The van der Waals surface area contributed by atoms with E-state index in [1.165, 1.54) is 6.42 Å². The zero-order valence-corrected chi connectivity index (χ0v) is 19.5. The van der Waals surface area contributed by atoms with Gasteiger partial charge in [-0.2, -0.15) is 0 Å². The summed E-state index contributed by atoms with van der Waals surface area (Å²) < 4.78 is 0. The maximum absolute atomic E-state index is 13.3. The largest absolute Gasteiger partial charge is 0.371 e. The number of amides is 2. The number of anilines is 2. The molecular weight excluding hydrogens is 398 g/mol. The van der Waals surface area contributed by atoms with Crippen LogP contribution in [0.3, 0.4) is 0 Å². The van der Waals surface area contributed by atoms with E-state index in [0.717, 1.165) is 62.9 Å². The number of unbranched alkanes of at least 4 members (excludes halogenated alkanes) is 3. The number of nitrogens with zero attached hydrogens (tertiary/aromatic N) is 1. The lowest BCUT2D eigenvalue weighted by Gasteiger charge is -2.31. The van der Waals surface area contributed by atoms with Crippen LogP contribution in [0.2, 0.25) is 0 Å². The number of carbonyl (C=O) groups is 2. The van der Waals surface area contributed by atoms with Crippen molar-refractivity contribution < 1.29 is 9.59 Å². The van der Waals surface area contributed by atoms with Gasteiger partial charge in [0.15, 0.2) is 0 Å². The minimum atomic E-state index is -0.110. The summed E-state index contributed by atoms with van der Waals surface area (Å²) in [4.78, 5) is 28.0. The van der Waals surface area contributed by atoms with Gasteiger partial charge in [0.05, 0.1) is 11.6 Å². The van der Waals surface area contributed by atoms with E-state index in [-0.39, 0.29) is 17.9 Å². The van der Waals surface area contributed by atoms with Crippen LogP contribution in [-0.2, 0) is 4.79 Å². The van der Waals surface area contributed by atoms with Gasteiger partial charge in [0.25, 0.3) is 5.91 Å². The van der Waals surface area contributed by atoms with Crippen LogP contribution in [0.15, 0.2) is 48.5 Å². The zero-order chi connectivity index (χ0) is 22.8. The molecular formula is C27H37N3O2. The highest BCUT2D eigenvalue weighted by Gasteiger charge is 2.21. The van der Waals surface area contributed by atoms with E-state index in [1.807, 2.05) is 55.5 Å². The third-order valence-corrected chi connectivity index (χ3v) is 6.13. The molecule has 2 aromatic rings. The molecule has 0 spiro atoms. The molecule has 1 fully saturated rings. The van der Waals surface area contributed by atoms with Crippen molar-refractivity contribution in [2.75, 3.05) is 23.3 Å². The Balaban J connectivity index is 1.76. The SMILES string of the molecule is CCCCCCC(=O)Nc1ccc(N2CCCCC2)c(C(=O)N[C@H](C)c2ccccc2)c1. The van der Waals surface area contributed by atoms with Gasteiger partial charge >= 0.3 is 0 Å². The summed E-state index contributed by atoms with van der Waals surface area (Å²) in [5.74, 6) is -0.100. The second-order valence-corrected chi connectivity index (χ2v) is 8.74. The molecule has 32 heavy (non-hydrogen) atoms. The number of hydrogen-bond donors (Lipinski definition) is 2. The van der Waals surface area contributed by atoms with Gasteiger partial charge in [0, 0.05) is 30.9 Å². The van der Waals surface area contributed by atoms with Crippen molar-refractivity contribution in [1.82, 2.24) is 5.32 Å². The molecule has 1 saturated heterocycles. The lowest BCUT2D eigenvalue weighted by atomic mass is 10.0. The van der Waals surface area contributed by atoms with Crippen molar-refractivity contribution >= 4 is 23.2 Å². The highest BCUT2D eigenvalue weighted by Crippen LogP contribution is 2.28. The minimum absolute atomic E-state index is 0.0100. The molecule has 2 aromatic carbocycles. The van der Waals surface area contributed by atoms with Crippen molar-refractivity contribution in [2.24, 2.45) is 0 Å². The molecule has 2 N–H and O–H groups in total. The molecule has 0 saturated carbocycles. The van der Waals surface area contributed by atoms with Gasteiger partial charge in [-0.15, -0.1) is 0 Å². The molecule has 3 rings (SSSR count). The fourth-order valence-corrected chi connectivity index (χ4v) is 4.24. The van der Waals surface area contributed by atoms with Crippen LogP contribution < -0.4 is 15.5 Å². The standard InChI is InChI=1S/C27H37N3O2/c1-3-4-5-10-15-26(31)29-23-16-17-25(30-18-11-7-12-19-30)24(20-23)27(32)28-21(2)22-13-8-6-9-14-22/h6,8-9,13-14,16-17,20-21H,3-5,7,10-12,15,18-19H2,1-2H3,(H,28,32)(H,29,31)/t21-/m1/s1. The van der Waals surface area contributed by atoms with Gasteiger partial charge in [-0.3, -0.25) is 9.59 Å². The Hall–Kier alpha value is -2.82. The molecule has 172 valence electrons. The zero-order valence-electron chi connectivity index (χ0n) is 19.5. The Morgan fingerprint density at radius 1 is 0.969 bits per heavy atom. The van der Waals surface area contributed by atoms with Crippen LogP contribution in [0.25, 0.3) is 0 Å². The lowest BCUT2D eigenvalue weighted by molar-refractivity contribution is -0.116. The van der Waals surface area contributed by atoms with Crippen LogP contribution >= 0.6 is 0 Å². The van der Waals surface area contributed by atoms with Crippen LogP contribution in [-0.4, -0.2) is 24.9 Å². The van der Waals surface area contributed by atoms with Gasteiger partial charge in [0.1, 0.15) is 0 Å². The third-order valence-electron chi connectivity index (χ3n) is 6.13. The first-order valence-corrected chi connectivity index (χ1v) is 12.1. The lowest BCUT2D eigenvalue weighted by Crippen LogP contribution is -2.33. The van der Waals surface area contributed by atoms with Crippen LogP contribution in [0.5, 0.6) is 0 Å². The summed E-state index contributed by atoms with van der Waals surface area (Å²) >= 11 is 0. The number of piperidine rings is 1. The normalized spacial score (nSPS) is 14.6. The van der Waals surface area contributed by atoms with E-state index >= 15 is 0 Å². The Morgan fingerprint density at radius 3 is 2.44 bits per heavy atom. The second kappa shape index (κ2) is 12.3. The summed E-state index contributed by atoms with van der Waals surface area (Å²) in [6.45, 7) is 6.07. The first-order chi connectivity index (χ1) is 15.6. The first kappa shape index (κ1) is 23.8. The maximum Gasteiger partial charge on any atom is 0.253 e. The van der Waals surface area contributed by atoms with Crippen molar-refractivity contribution in [3.8, 4) is 0 Å². The van der Waals surface area contributed by atoms with Crippen molar-refractivity contribution in [1.29, 1.82) is 0 Å². The molecule has 2 amide bonds. The summed E-state index contributed by atoms with van der Waals surface area (Å²) in [5, 5.41) is 6.13. The summed E-state index contributed by atoms with van der Waals surface area (Å²) in [7, 11) is 0. The predicted molar refractivity (Wildman–Crippen MR) is 132 cm³/mol. The Labute approximate surface area is 192 Å². The topological polar surface area (TPSA) is 61.4 Å². The van der Waals surface area contributed by atoms with Gasteiger partial charge in [-0.25, -0.2) is 0 Å². The molecule has 1 atom stereocenters. The van der Waals surface area contributed by atoms with Crippen LogP contribution in [0.1, 0.15) is 87.2 Å². The molecule has 1 aliphatic heterocycles. The van der Waals surface area contributed by atoms with Crippen LogP contribution in [0, 0.1) is 0 Å². The molecule has 5 heteroatoms. The van der Waals surface area contributed by atoms with Crippen molar-refractivity contribution in [3.05, 3.63) is 59.7 Å². The Morgan fingerprint density at radius 2 is 1.72 bits per heavy atom. The van der Waals surface area contributed by atoms with Gasteiger partial charge in [0.2, 0.25) is 5.91 Å². The third kappa shape index (κ3) is 6.84. The molecule has 0 aliphatic carbocycles. The number of hydrogen-bond acceptors (Lipinski definition) is 3. The van der Waals surface area contributed by atoms with E-state index in [1.54, 1.807) is 0 Å². The summed E-state index contributed by atoms with van der Waals surface area (Å²) in [5.41, 5.74) is 3.32. The fraction of sp³-hybridized carbons (Fsp3) is 0.481. The Bertz CT molecular complexity index is 876. The average molecular weight is 436 g/mol. The summed E-state index contributed by atoms with van der Waals surface area (Å²) in [6.07, 6.45) is 8.29. The molecule has 0 radical (unpaired) electrons. The van der Waals surface area contributed by atoms with Crippen molar-refractivity contribution in [2.45, 2.75) is 71.3 Å². The molecule has 5 nitrogen and oxygen atoms in total. The van der Waals surface area contributed by atoms with E-state index < -0.39 is 0 Å². The van der Waals surface area contributed by atoms with Gasteiger partial charge in [-0.1, -0.05) is 56.5 Å². The van der Waals surface area contributed by atoms with E-state index in [9.17, 15) is 9.59 Å². The van der Waals surface area contributed by atoms with Crippen LogP contribution in [0.4, 0.5) is 11.4 Å². The van der Waals surface area contributed by atoms with Crippen molar-refractivity contribution in [3.63, 3.8) is 0 Å². The monoisotopic (exact) mass is 435 g/mol. The van der Waals surface area contributed by atoms with E-state index in [4.69, 9.17) is 0 Å². The predicted octanol–water partition coefficient (Wildman–Crippen LogP) is 6.08.